The molecule has 2 aromatic carbocycles. The van der Waals surface area contributed by atoms with Crippen LogP contribution in [-0.2, 0) is 14.3 Å². The summed E-state index contributed by atoms with van der Waals surface area (Å²) in [6.45, 7) is -0.470. The van der Waals surface area contributed by atoms with Gasteiger partial charge >= 0.3 is 5.97 Å². The van der Waals surface area contributed by atoms with Gasteiger partial charge in [-0.15, -0.1) is 0 Å². The van der Waals surface area contributed by atoms with Gasteiger partial charge in [0, 0.05) is 30.7 Å². The highest BCUT2D eigenvalue weighted by Crippen LogP contribution is 2.35. The first-order chi connectivity index (χ1) is 13.8. The summed E-state index contributed by atoms with van der Waals surface area (Å²) >= 11 is 12.1. The molecule has 0 spiro atoms. The molecule has 1 amide bonds. The van der Waals surface area contributed by atoms with Gasteiger partial charge in [0.1, 0.15) is 0 Å². The van der Waals surface area contributed by atoms with Gasteiger partial charge in [0.25, 0.3) is 5.69 Å². The summed E-state index contributed by atoms with van der Waals surface area (Å²) in [4.78, 5) is 48.1. The average molecular weight is 437 g/mol. The van der Waals surface area contributed by atoms with Gasteiger partial charge < -0.3 is 9.64 Å². The molecule has 0 aliphatic carbocycles. The number of nitro groups is 1. The Labute approximate surface area is 175 Å². The van der Waals surface area contributed by atoms with Crippen molar-refractivity contribution in [3.8, 4) is 0 Å². The minimum absolute atomic E-state index is 0.0590. The monoisotopic (exact) mass is 436 g/mol. The number of halogens is 2. The molecule has 10 heteroatoms. The number of hydrogen-bond acceptors (Lipinski definition) is 6. The molecule has 150 valence electrons. The lowest BCUT2D eigenvalue weighted by molar-refractivity contribution is -0.384. The number of amides is 1. The van der Waals surface area contributed by atoms with E-state index in [1.54, 1.807) is 18.2 Å². The van der Waals surface area contributed by atoms with Gasteiger partial charge in [-0.05, 0) is 24.3 Å². The van der Waals surface area contributed by atoms with Crippen LogP contribution in [0.3, 0.4) is 0 Å². The number of anilines is 1. The fraction of sp³-hybridized carbons (Fsp3) is 0.211. The Kier molecular flexibility index (Phi) is 6.14. The van der Waals surface area contributed by atoms with Crippen molar-refractivity contribution in [3.63, 3.8) is 0 Å². The number of nitro benzene ring substituents is 1. The van der Waals surface area contributed by atoms with Crippen LogP contribution < -0.4 is 4.90 Å². The standard InChI is InChI=1S/C19H14Cl2N2O6/c20-14-2-1-3-15(18(14)21)22-9-12(8-17(22)25)19(26)29-10-16(24)11-4-6-13(7-5-11)23(27)28/h1-7,12H,8-10H2/t12-/m1/s1. The number of non-ortho nitro benzene ring substituents is 1. The quantitative estimate of drug-likeness (QED) is 0.295. The third-order valence-electron chi connectivity index (χ3n) is 4.43. The Morgan fingerprint density at radius 2 is 1.86 bits per heavy atom. The van der Waals surface area contributed by atoms with Crippen molar-refractivity contribution in [2.24, 2.45) is 5.92 Å². The first-order valence-electron chi connectivity index (χ1n) is 8.46. The molecule has 3 rings (SSSR count). The van der Waals surface area contributed by atoms with Gasteiger partial charge in [0.15, 0.2) is 12.4 Å². The van der Waals surface area contributed by atoms with Gasteiger partial charge in [0.2, 0.25) is 5.91 Å². The van der Waals surface area contributed by atoms with Crippen LogP contribution in [0, 0.1) is 16.0 Å². The smallest absolute Gasteiger partial charge is 0.311 e. The first kappa shape index (κ1) is 20.8. The van der Waals surface area contributed by atoms with Crippen LogP contribution in [0.1, 0.15) is 16.8 Å². The third kappa shape index (κ3) is 4.55. The fourth-order valence-electron chi connectivity index (χ4n) is 2.91. The maximum absolute atomic E-state index is 12.3. The molecular weight excluding hydrogens is 423 g/mol. The van der Waals surface area contributed by atoms with Crippen molar-refractivity contribution in [2.45, 2.75) is 6.42 Å². The molecule has 1 fully saturated rings. The Bertz CT molecular complexity index is 993. The average Bonchev–Trinajstić information content (AvgIpc) is 3.09. The van der Waals surface area contributed by atoms with Crippen LogP contribution in [0.25, 0.3) is 0 Å². The zero-order valence-electron chi connectivity index (χ0n) is 14.8. The van der Waals surface area contributed by atoms with E-state index >= 15 is 0 Å². The van der Waals surface area contributed by atoms with Crippen molar-refractivity contribution < 1.29 is 24.0 Å². The van der Waals surface area contributed by atoms with E-state index in [1.807, 2.05) is 0 Å². The minimum Gasteiger partial charge on any atom is -0.457 e. The van der Waals surface area contributed by atoms with Crippen molar-refractivity contribution in [2.75, 3.05) is 18.1 Å². The number of nitrogens with zero attached hydrogens (tertiary/aromatic N) is 2. The number of carbonyl (C=O) groups is 3. The third-order valence-corrected chi connectivity index (χ3v) is 5.23. The van der Waals surface area contributed by atoms with Crippen molar-refractivity contribution in [3.05, 3.63) is 68.2 Å². The van der Waals surface area contributed by atoms with Crippen LogP contribution in [0.4, 0.5) is 11.4 Å². The van der Waals surface area contributed by atoms with Crippen LogP contribution >= 0.6 is 23.2 Å². The maximum Gasteiger partial charge on any atom is 0.311 e. The highest BCUT2D eigenvalue weighted by molar-refractivity contribution is 6.44. The largest absolute Gasteiger partial charge is 0.457 e. The van der Waals surface area contributed by atoms with Crippen LogP contribution in [0.5, 0.6) is 0 Å². The van der Waals surface area contributed by atoms with Crippen LogP contribution in [0.2, 0.25) is 10.0 Å². The molecule has 0 N–H and O–H groups in total. The molecule has 0 aromatic heterocycles. The van der Waals surface area contributed by atoms with E-state index in [1.165, 1.54) is 29.2 Å². The molecule has 0 radical (unpaired) electrons. The summed E-state index contributed by atoms with van der Waals surface area (Å²) in [7, 11) is 0. The molecule has 1 aliphatic heterocycles. The second kappa shape index (κ2) is 8.59. The number of benzene rings is 2. The molecule has 2 aromatic rings. The zero-order chi connectivity index (χ0) is 21.1. The predicted molar refractivity (Wildman–Crippen MR) is 105 cm³/mol. The second-order valence-electron chi connectivity index (χ2n) is 6.31. The molecule has 1 atom stereocenters. The molecule has 0 bridgehead atoms. The Balaban J connectivity index is 1.60. The van der Waals surface area contributed by atoms with Crippen molar-refractivity contribution in [1.82, 2.24) is 0 Å². The Morgan fingerprint density at radius 1 is 1.17 bits per heavy atom. The predicted octanol–water partition coefficient (Wildman–Crippen LogP) is 3.68. The number of hydrogen-bond donors (Lipinski definition) is 0. The van der Waals surface area contributed by atoms with E-state index in [0.717, 1.165) is 0 Å². The molecule has 8 nitrogen and oxygen atoms in total. The van der Waals surface area contributed by atoms with Gasteiger partial charge in [0.05, 0.1) is 26.6 Å². The Morgan fingerprint density at radius 3 is 2.52 bits per heavy atom. The van der Waals surface area contributed by atoms with E-state index in [-0.39, 0.29) is 40.2 Å². The normalized spacial score (nSPS) is 16.0. The van der Waals surface area contributed by atoms with Gasteiger partial charge in [-0.1, -0.05) is 29.3 Å². The van der Waals surface area contributed by atoms with Crippen LogP contribution in [-0.4, -0.2) is 35.7 Å². The highest BCUT2D eigenvalue weighted by atomic mass is 35.5. The molecule has 1 aliphatic rings. The topological polar surface area (TPSA) is 107 Å². The number of rotatable bonds is 6. The number of esters is 1. The molecule has 29 heavy (non-hydrogen) atoms. The van der Waals surface area contributed by atoms with Crippen molar-refractivity contribution >= 4 is 52.2 Å². The van der Waals surface area contributed by atoms with E-state index in [2.05, 4.69) is 0 Å². The summed E-state index contributed by atoms with van der Waals surface area (Å²) in [5.74, 6) is -2.25. The summed E-state index contributed by atoms with van der Waals surface area (Å²) < 4.78 is 5.05. The maximum atomic E-state index is 12.3. The summed E-state index contributed by atoms with van der Waals surface area (Å²) in [5, 5.41) is 11.1. The number of Topliss-reactive ketones (excluding diaryl/α,β-unsaturated/α-hetero) is 1. The molecule has 0 unspecified atom stereocenters. The molecule has 1 heterocycles. The lowest BCUT2D eigenvalue weighted by Gasteiger charge is -2.18. The Hall–Kier alpha value is -2.97. The van der Waals surface area contributed by atoms with Crippen molar-refractivity contribution in [1.29, 1.82) is 0 Å². The van der Waals surface area contributed by atoms with Gasteiger partial charge in [-0.25, -0.2) is 0 Å². The number of ketones is 1. The minimum atomic E-state index is -0.748. The van der Waals surface area contributed by atoms with Crippen LogP contribution in [0.15, 0.2) is 42.5 Å². The highest BCUT2D eigenvalue weighted by Gasteiger charge is 2.37. The lowest BCUT2D eigenvalue weighted by Crippen LogP contribution is -2.27. The van der Waals surface area contributed by atoms with E-state index in [9.17, 15) is 24.5 Å². The lowest BCUT2D eigenvalue weighted by atomic mass is 10.1. The molecule has 1 saturated heterocycles. The summed E-state index contributed by atoms with van der Waals surface area (Å²) in [6.07, 6.45) is -0.0760. The van der Waals surface area contributed by atoms with Gasteiger partial charge in [-0.3, -0.25) is 24.5 Å². The molecule has 0 saturated carbocycles. The van der Waals surface area contributed by atoms with E-state index < -0.39 is 29.2 Å². The first-order valence-corrected chi connectivity index (χ1v) is 9.22. The fourth-order valence-corrected chi connectivity index (χ4v) is 3.30. The van der Waals surface area contributed by atoms with E-state index in [0.29, 0.717) is 5.69 Å². The zero-order valence-corrected chi connectivity index (χ0v) is 16.4. The second-order valence-corrected chi connectivity index (χ2v) is 7.10. The number of ether oxygens (including phenoxy) is 1. The molecular formula is C19H14Cl2N2O6. The van der Waals surface area contributed by atoms with Gasteiger partial charge in [-0.2, -0.15) is 0 Å². The van der Waals surface area contributed by atoms with E-state index in [4.69, 9.17) is 27.9 Å². The summed E-state index contributed by atoms with van der Waals surface area (Å²) in [5.41, 5.74) is 0.433. The summed E-state index contributed by atoms with van der Waals surface area (Å²) in [6, 6.07) is 9.81. The SMILES string of the molecule is O=C(COC(=O)[C@@H]1CC(=O)N(c2cccc(Cl)c2Cl)C1)c1ccc([N+](=O)[O-])cc1. The number of carbonyl (C=O) groups excluding carboxylic acids is 3.